The van der Waals surface area contributed by atoms with Crippen LogP contribution < -0.4 is 11.5 Å². The van der Waals surface area contributed by atoms with Gasteiger partial charge in [-0.25, -0.2) is 4.79 Å². The third-order valence-corrected chi connectivity index (χ3v) is 11.1. The molecule has 4 fully saturated rings. The number of aliphatic hydroxyl groups is 2. The molecule has 4 rings (SSSR count). The van der Waals surface area contributed by atoms with Crippen LogP contribution in [0.4, 0.5) is 0 Å². The molecule has 4 saturated carbocycles. The molecule has 0 aromatic heterocycles. The number of nitrogens with two attached hydrogens (primary N) is 2. The molecule has 4 aliphatic rings. The van der Waals surface area contributed by atoms with E-state index >= 15 is 0 Å². The predicted octanol–water partition coefficient (Wildman–Crippen LogP) is 3.07. The lowest BCUT2D eigenvalue weighted by atomic mass is 9.36. The molecular formula is C30H46N2O6. The van der Waals surface area contributed by atoms with Crippen molar-refractivity contribution in [3.8, 4) is 0 Å². The second kappa shape index (κ2) is 9.88. The minimum absolute atomic E-state index is 0.0311. The van der Waals surface area contributed by atoms with E-state index in [1.165, 1.54) is 6.92 Å². The number of carboxylic acids is 1. The molecule has 8 nitrogen and oxygen atoms in total. The van der Waals surface area contributed by atoms with E-state index in [4.69, 9.17) is 16.2 Å². The van der Waals surface area contributed by atoms with Gasteiger partial charge in [-0.15, -0.1) is 0 Å². The minimum Gasteiger partial charge on any atom is -0.478 e. The number of aliphatic carboxylic acids is 1. The third-order valence-electron chi connectivity index (χ3n) is 11.1. The SMILES string of the molecule is CC(=O)O[C@H]1C[C@@]2(C)[C@@H](C[C@@H](O)[C@H]3[C@@]4(C)[C@H](N)C[C@@H](O)[C@@H](N)[C@@H]4CC[C@@]32C)/C1=C(\C=C/C=C(C)C)C(=O)O. The highest BCUT2D eigenvalue weighted by atomic mass is 16.5. The topological polar surface area (TPSA) is 156 Å². The van der Waals surface area contributed by atoms with Crippen molar-refractivity contribution >= 4 is 11.9 Å². The van der Waals surface area contributed by atoms with Crippen molar-refractivity contribution in [1.82, 2.24) is 0 Å². The van der Waals surface area contributed by atoms with Gasteiger partial charge in [0.2, 0.25) is 0 Å². The van der Waals surface area contributed by atoms with Crippen LogP contribution in [0, 0.1) is 34.0 Å². The zero-order valence-corrected chi connectivity index (χ0v) is 23.6. The van der Waals surface area contributed by atoms with Crippen LogP contribution in [0.5, 0.6) is 0 Å². The average molecular weight is 531 g/mol. The highest BCUT2D eigenvalue weighted by Crippen LogP contribution is 2.73. The Kier molecular flexibility index (Phi) is 7.54. The zero-order valence-electron chi connectivity index (χ0n) is 23.6. The maximum Gasteiger partial charge on any atom is 0.335 e. The van der Waals surface area contributed by atoms with Crippen LogP contribution in [0.2, 0.25) is 0 Å². The summed E-state index contributed by atoms with van der Waals surface area (Å²) in [5.41, 5.74) is 13.7. The minimum atomic E-state index is -1.08. The summed E-state index contributed by atoms with van der Waals surface area (Å²) >= 11 is 0. The quantitative estimate of drug-likeness (QED) is 0.211. The van der Waals surface area contributed by atoms with Gasteiger partial charge in [-0.2, -0.15) is 0 Å². The zero-order chi connectivity index (χ0) is 28.4. The Morgan fingerprint density at radius 2 is 1.68 bits per heavy atom. The van der Waals surface area contributed by atoms with Crippen molar-refractivity contribution in [1.29, 1.82) is 0 Å². The standard InChI is InChI=1S/C30H46N2O6/c1-15(2)8-7-9-17(27(36)37)24-19-12-21(35)26-28(4,29(19,5)14-22(24)38-16(3)33)11-10-18-25(32)20(34)13-23(31)30(18,26)6/h7-9,18-23,25-26,34-35H,10-14,31-32H2,1-6H3,(H,36,37)/b9-7-,24-17-/t18-,19-,20+,21+,22-,23+,25-,26+,28-,29-,30+/m0/s1. The summed E-state index contributed by atoms with van der Waals surface area (Å²) in [7, 11) is 0. The summed E-state index contributed by atoms with van der Waals surface area (Å²) < 4.78 is 5.81. The Bertz CT molecular complexity index is 1080. The number of carbonyl (C=O) groups excluding carboxylic acids is 1. The van der Waals surface area contributed by atoms with E-state index in [0.717, 1.165) is 18.4 Å². The second-order valence-electron chi connectivity index (χ2n) is 13.2. The van der Waals surface area contributed by atoms with E-state index in [2.05, 4.69) is 20.8 Å². The fraction of sp³-hybridized carbons (Fsp3) is 0.733. The Labute approximate surface area is 226 Å². The molecule has 11 atom stereocenters. The molecule has 38 heavy (non-hydrogen) atoms. The van der Waals surface area contributed by atoms with Gasteiger partial charge < -0.3 is 31.5 Å². The number of carboxylic acid groups (broad SMARTS) is 1. The number of rotatable bonds is 4. The monoisotopic (exact) mass is 530 g/mol. The highest BCUT2D eigenvalue weighted by molar-refractivity contribution is 5.91. The van der Waals surface area contributed by atoms with Crippen molar-refractivity contribution < 1.29 is 29.6 Å². The maximum absolute atomic E-state index is 12.6. The number of hydrogen-bond donors (Lipinski definition) is 5. The number of carbonyl (C=O) groups is 2. The van der Waals surface area contributed by atoms with E-state index < -0.39 is 52.5 Å². The number of fused-ring (bicyclic) bond motifs is 5. The molecule has 4 aliphatic carbocycles. The van der Waals surface area contributed by atoms with Crippen LogP contribution in [0.3, 0.4) is 0 Å². The van der Waals surface area contributed by atoms with E-state index in [0.29, 0.717) is 24.8 Å². The van der Waals surface area contributed by atoms with Crippen molar-refractivity contribution in [2.45, 2.75) is 104 Å². The second-order valence-corrected chi connectivity index (χ2v) is 13.2. The van der Waals surface area contributed by atoms with Gasteiger partial charge in [0.25, 0.3) is 0 Å². The van der Waals surface area contributed by atoms with Crippen molar-refractivity contribution in [2.24, 2.45) is 45.5 Å². The van der Waals surface area contributed by atoms with E-state index in [-0.39, 0.29) is 29.4 Å². The summed E-state index contributed by atoms with van der Waals surface area (Å²) in [4.78, 5) is 24.8. The summed E-state index contributed by atoms with van der Waals surface area (Å²) in [6.07, 6.45) is 5.76. The first-order chi connectivity index (χ1) is 17.6. The Morgan fingerprint density at radius 1 is 1.03 bits per heavy atom. The lowest BCUT2D eigenvalue weighted by Crippen LogP contribution is -2.72. The first-order valence-electron chi connectivity index (χ1n) is 13.9. The number of allylic oxidation sites excluding steroid dienone is 3. The van der Waals surface area contributed by atoms with Gasteiger partial charge in [-0.3, -0.25) is 4.79 Å². The van der Waals surface area contributed by atoms with Crippen LogP contribution >= 0.6 is 0 Å². The molecule has 0 aromatic rings. The predicted molar refractivity (Wildman–Crippen MR) is 145 cm³/mol. The Balaban J connectivity index is 1.88. The number of esters is 1. The van der Waals surface area contributed by atoms with Crippen LogP contribution in [0.25, 0.3) is 0 Å². The van der Waals surface area contributed by atoms with Crippen molar-refractivity contribution in [2.75, 3.05) is 0 Å². The third kappa shape index (κ3) is 4.19. The summed E-state index contributed by atoms with van der Waals surface area (Å²) in [5, 5.41) is 32.8. The normalized spacial score (nSPS) is 47.5. The van der Waals surface area contributed by atoms with Crippen LogP contribution in [-0.4, -0.2) is 57.7 Å². The van der Waals surface area contributed by atoms with E-state index in [9.17, 15) is 24.9 Å². The van der Waals surface area contributed by atoms with Crippen LogP contribution in [0.15, 0.2) is 34.9 Å². The number of hydrogen-bond acceptors (Lipinski definition) is 7. The van der Waals surface area contributed by atoms with Gasteiger partial charge in [0.1, 0.15) is 6.10 Å². The van der Waals surface area contributed by atoms with Gasteiger partial charge in [0, 0.05) is 19.0 Å². The fourth-order valence-electron chi connectivity index (χ4n) is 9.27. The molecule has 0 aromatic carbocycles. The fourth-order valence-corrected chi connectivity index (χ4v) is 9.27. The average Bonchev–Trinajstić information content (AvgIpc) is 3.06. The summed E-state index contributed by atoms with van der Waals surface area (Å²) in [6, 6.07) is -0.738. The summed E-state index contributed by atoms with van der Waals surface area (Å²) in [5.74, 6) is -2.05. The molecule has 8 heteroatoms. The molecular weight excluding hydrogens is 484 g/mol. The van der Waals surface area contributed by atoms with Crippen molar-refractivity contribution in [3.63, 3.8) is 0 Å². The van der Waals surface area contributed by atoms with Gasteiger partial charge in [0.05, 0.1) is 17.8 Å². The van der Waals surface area contributed by atoms with Crippen molar-refractivity contribution in [3.05, 3.63) is 34.9 Å². The molecule has 0 radical (unpaired) electrons. The molecule has 0 saturated heterocycles. The van der Waals surface area contributed by atoms with Crippen LogP contribution in [0.1, 0.15) is 73.6 Å². The lowest BCUT2D eigenvalue weighted by molar-refractivity contribution is -0.232. The molecule has 0 spiro atoms. The van der Waals surface area contributed by atoms with Gasteiger partial charge in [-0.05, 0) is 91.6 Å². The van der Waals surface area contributed by atoms with Crippen LogP contribution in [-0.2, 0) is 14.3 Å². The molecule has 212 valence electrons. The highest BCUT2D eigenvalue weighted by Gasteiger charge is 2.72. The van der Waals surface area contributed by atoms with Gasteiger partial charge in [0.15, 0.2) is 0 Å². The van der Waals surface area contributed by atoms with E-state index in [1.807, 2.05) is 19.9 Å². The largest absolute Gasteiger partial charge is 0.478 e. The molecule has 0 unspecified atom stereocenters. The Hall–Kier alpha value is -2.00. The van der Waals surface area contributed by atoms with Gasteiger partial charge in [-0.1, -0.05) is 38.5 Å². The smallest absolute Gasteiger partial charge is 0.335 e. The number of ether oxygens (including phenoxy) is 1. The maximum atomic E-state index is 12.6. The molecule has 0 bridgehead atoms. The lowest BCUT2D eigenvalue weighted by Gasteiger charge is -2.70. The summed E-state index contributed by atoms with van der Waals surface area (Å²) in [6.45, 7) is 11.7. The molecule has 0 amide bonds. The number of aliphatic hydroxyl groups excluding tert-OH is 2. The molecule has 0 heterocycles. The first kappa shape index (κ1) is 29.0. The van der Waals surface area contributed by atoms with Gasteiger partial charge >= 0.3 is 11.9 Å². The van der Waals surface area contributed by atoms with E-state index in [1.54, 1.807) is 12.2 Å². The Morgan fingerprint density at radius 3 is 2.26 bits per heavy atom. The first-order valence-corrected chi connectivity index (χ1v) is 13.9. The molecule has 0 aliphatic heterocycles. The molecule has 7 N–H and O–H groups in total.